The zero-order valence-corrected chi connectivity index (χ0v) is 14.0. The van der Waals surface area contributed by atoms with Crippen molar-refractivity contribution < 1.29 is 0 Å². The van der Waals surface area contributed by atoms with E-state index in [1.165, 1.54) is 12.8 Å². The molecule has 1 aliphatic rings. The largest absolute Gasteiger partial charge is 0.319 e. The van der Waals surface area contributed by atoms with E-state index >= 15 is 0 Å². The van der Waals surface area contributed by atoms with Crippen LogP contribution in [0.3, 0.4) is 0 Å². The average molecular weight is 351 g/mol. The Bertz CT molecular complexity index is 593. The number of nitrogens with two attached hydrogens (primary N) is 1. The summed E-state index contributed by atoms with van der Waals surface area (Å²) in [7, 11) is 0. The molecule has 0 aliphatic heterocycles. The Morgan fingerprint density at radius 3 is 2.80 bits per heavy atom. The Kier molecular flexibility index (Phi) is 3.98. The van der Waals surface area contributed by atoms with Crippen molar-refractivity contribution in [1.82, 2.24) is 4.98 Å². The fourth-order valence-electron chi connectivity index (χ4n) is 3.04. The van der Waals surface area contributed by atoms with Gasteiger partial charge in [0.2, 0.25) is 0 Å². The summed E-state index contributed by atoms with van der Waals surface area (Å²) in [6.45, 7) is 2.30. The van der Waals surface area contributed by atoms with Crippen LogP contribution in [0.4, 0.5) is 0 Å². The van der Waals surface area contributed by atoms with Crippen molar-refractivity contribution in [3.63, 3.8) is 0 Å². The highest BCUT2D eigenvalue weighted by molar-refractivity contribution is 9.10. The first-order valence-corrected chi connectivity index (χ1v) is 8.75. The lowest BCUT2D eigenvalue weighted by Crippen LogP contribution is -2.40. The van der Waals surface area contributed by atoms with E-state index in [2.05, 4.69) is 52.5 Å². The first-order valence-electron chi connectivity index (χ1n) is 7.08. The normalized spacial score (nSPS) is 26.6. The second kappa shape index (κ2) is 5.58. The van der Waals surface area contributed by atoms with Gasteiger partial charge in [0.25, 0.3) is 0 Å². The van der Waals surface area contributed by atoms with Crippen LogP contribution in [0.1, 0.15) is 37.6 Å². The van der Waals surface area contributed by atoms with Gasteiger partial charge in [-0.3, -0.25) is 0 Å². The smallest absolute Gasteiger partial charge is 0.113 e. The second-order valence-corrected chi connectivity index (χ2v) is 7.68. The third-order valence-electron chi connectivity index (χ3n) is 4.10. The zero-order chi connectivity index (χ0) is 14.2. The number of aromatic nitrogens is 1. The summed E-state index contributed by atoms with van der Waals surface area (Å²) in [5.41, 5.74) is 8.61. The van der Waals surface area contributed by atoms with Crippen LogP contribution >= 0.6 is 27.3 Å². The topological polar surface area (TPSA) is 38.9 Å². The Morgan fingerprint density at radius 2 is 2.10 bits per heavy atom. The van der Waals surface area contributed by atoms with Gasteiger partial charge < -0.3 is 5.73 Å². The van der Waals surface area contributed by atoms with Crippen molar-refractivity contribution in [2.45, 2.75) is 38.1 Å². The highest BCUT2D eigenvalue weighted by Gasteiger charge is 2.35. The van der Waals surface area contributed by atoms with Gasteiger partial charge in [0.15, 0.2) is 0 Å². The molecule has 2 unspecified atom stereocenters. The first-order chi connectivity index (χ1) is 9.57. The van der Waals surface area contributed by atoms with Crippen LogP contribution in [0.5, 0.6) is 0 Å². The number of hydrogen-bond donors (Lipinski definition) is 1. The van der Waals surface area contributed by atoms with Gasteiger partial charge in [-0.2, -0.15) is 0 Å². The van der Waals surface area contributed by atoms with Crippen molar-refractivity contribution >= 4 is 27.3 Å². The van der Waals surface area contributed by atoms with Crippen LogP contribution in [0.25, 0.3) is 11.3 Å². The molecule has 0 bridgehead atoms. The minimum atomic E-state index is -0.212. The van der Waals surface area contributed by atoms with E-state index in [1.807, 2.05) is 0 Å². The van der Waals surface area contributed by atoms with Crippen molar-refractivity contribution in [3.05, 3.63) is 39.1 Å². The Morgan fingerprint density at radius 1 is 1.35 bits per heavy atom. The predicted molar refractivity (Wildman–Crippen MR) is 88.7 cm³/mol. The molecule has 2 atom stereocenters. The molecule has 106 valence electrons. The predicted octanol–water partition coefficient (Wildman–Crippen LogP) is 4.94. The average Bonchev–Trinajstić information content (AvgIpc) is 2.90. The van der Waals surface area contributed by atoms with Crippen molar-refractivity contribution in [2.75, 3.05) is 0 Å². The van der Waals surface area contributed by atoms with Gasteiger partial charge in [0, 0.05) is 15.4 Å². The number of hydrogen-bond acceptors (Lipinski definition) is 3. The first kappa shape index (κ1) is 14.2. The van der Waals surface area contributed by atoms with Crippen LogP contribution in [0.2, 0.25) is 0 Å². The molecule has 1 saturated carbocycles. The Balaban J connectivity index is 1.88. The third kappa shape index (κ3) is 2.83. The molecule has 1 aromatic heterocycles. The molecule has 4 heteroatoms. The fraction of sp³-hybridized carbons (Fsp3) is 0.438. The van der Waals surface area contributed by atoms with Gasteiger partial charge in [0.05, 0.1) is 11.2 Å². The maximum atomic E-state index is 6.63. The van der Waals surface area contributed by atoms with E-state index in [-0.39, 0.29) is 5.54 Å². The maximum Gasteiger partial charge on any atom is 0.113 e. The van der Waals surface area contributed by atoms with E-state index in [9.17, 15) is 0 Å². The number of halogens is 1. The summed E-state index contributed by atoms with van der Waals surface area (Å²) < 4.78 is 1.09. The van der Waals surface area contributed by atoms with Crippen LogP contribution in [0, 0.1) is 5.92 Å². The molecule has 20 heavy (non-hydrogen) atoms. The minimum absolute atomic E-state index is 0.212. The van der Waals surface area contributed by atoms with Gasteiger partial charge in [0.1, 0.15) is 5.01 Å². The zero-order valence-electron chi connectivity index (χ0n) is 11.6. The summed E-state index contributed by atoms with van der Waals surface area (Å²) in [5.74, 6) is 0.703. The second-order valence-electron chi connectivity index (χ2n) is 5.90. The van der Waals surface area contributed by atoms with Crippen molar-refractivity contribution in [2.24, 2.45) is 11.7 Å². The SMILES string of the molecule is CC1CCCC(N)(c2nc(-c3ccc(Br)cc3)cs2)C1. The molecule has 0 spiro atoms. The molecule has 3 rings (SSSR count). The maximum absolute atomic E-state index is 6.63. The molecule has 0 amide bonds. The number of rotatable bonds is 2. The summed E-state index contributed by atoms with van der Waals surface area (Å²) in [5, 5.41) is 3.23. The molecule has 0 saturated heterocycles. The molecule has 1 fully saturated rings. The van der Waals surface area contributed by atoms with Crippen LogP contribution in [0.15, 0.2) is 34.1 Å². The van der Waals surface area contributed by atoms with Crippen LogP contribution < -0.4 is 5.73 Å². The molecule has 0 radical (unpaired) electrons. The Hall–Kier alpha value is -0.710. The lowest BCUT2D eigenvalue weighted by atomic mass is 9.77. The number of thiazole rings is 1. The molecule has 1 heterocycles. The molecule has 2 nitrogen and oxygen atoms in total. The lowest BCUT2D eigenvalue weighted by molar-refractivity contribution is 0.238. The third-order valence-corrected chi connectivity index (χ3v) is 5.69. The quantitative estimate of drug-likeness (QED) is 0.833. The molecule has 2 N–H and O–H groups in total. The standard InChI is InChI=1S/C16H19BrN2S/c1-11-3-2-8-16(18,9-11)15-19-14(10-20-15)12-4-6-13(17)7-5-12/h4-7,10-11H,2-3,8-9,18H2,1H3. The summed E-state index contributed by atoms with van der Waals surface area (Å²) in [4.78, 5) is 4.82. The van der Waals surface area contributed by atoms with Gasteiger partial charge >= 0.3 is 0 Å². The van der Waals surface area contributed by atoms with E-state index < -0.39 is 0 Å². The summed E-state index contributed by atoms with van der Waals surface area (Å²) in [6.07, 6.45) is 4.62. The highest BCUT2D eigenvalue weighted by atomic mass is 79.9. The van der Waals surface area contributed by atoms with Gasteiger partial charge in [-0.15, -0.1) is 11.3 Å². The Labute approximate surface area is 132 Å². The van der Waals surface area contributed by atoms with Gasteiger partial charge in [-0.05, 0) is 30.9 Å². The van der Waals surface area contributed by atoms with E-state index in [1.54, 1.807) is 11.3 Å². The highest BCUT2D eigenvalue weighted by Crippen LogP contribution is 2.40. The van der Waals surface area contributed by atoms with Crippen molar-refractivity contribution in [1.29, 1.82) is 0 Å². The molecule has 2 aromatic rings. The molecular formula is C16H19BrN2S. The molecule has 1 aromatic carbocycles. The van der Waals surface area contributed by atoms with Gasteiger partial charge in [-0.25, -0.2) is 4.98 Å². The molecule has 1 aliphatic carbocycles. The van der Waals surface area contributed by atoms with E-state index in [0.29, 0.717) is 5.92 Å². The lowest BCUT2D eigenvalue weighted by Gasteiger charge is -2.35. The summed E-state index contributed by atoms with van der Waals surface area (Å²) >= 11 is 5.17. The number of benzene rings is 1. The van der Waals surface area contributed by atoms with Crippen LogP contribution in [-0.4, -0.2) is 4.98 Å². The summed E-state index contributed by atoms with van der Waals surface area (Å²) in [6, 6.07) is 8.29. The monoisotopic (exact) mass is 350 g/mol. The van der Waals surface area contributed by atoms with E-state index in [4.69, 9.17) is 10.7 Å². The van der Waals surface area contributed by atoms with Crippen molar-refractivity contribution in [3.8, 4) is 11.3 Å². The van der Waals surface area contributed by atoms with Gasteiger partial charge in [-0.1, -0.05) is 47.8 Å². The number of nitrogens with zero attached hydrogens (tertiary/aromatic N) is 1. The molecular weight excluding hydrogens is 332 g/mol. The fourth-order valence-corrected chi connectivity index (χ4v) is 4.29. The van der Waals surface area contributed by atoms with E-state index in [0.717, 1.165) is 33.6 Å². The van der Waals surface area contributed by atoms with Crippen LogP contribution in [-0.2, 0) is 5.54 Å². The minimum Gasteiger partial charge on any atom is -0.319 e.